The number of nitrogens with one attached hydrogen (secondary N) is 2. The van der Waals surface area contributed by atoms with E-state index in [1.807, 2.05) is 17.1 Å². The van der Waals surface area contributed by atoms with Crippen molar-refractivity contribution in [2.45, 2.75) is 46.2 Å². The molecule has 0 radical (unpaired) electrons. The van der Waals surface area contributed by atoms with Crippen LogP contribution in [0.3, 0.4) is 0 Å². The van der Waals surface area contributed by atoms with Gasteiger partial charge in [-0.2, -0.15) is 5.10 Å². The van der Waals surface area contributed by atoms with E-state index in [-0.39, 0.29) is 24.0 Å². The Morgan fingerprint density at radius 2 is 2.12 bits per heavy atom. The number of aliphatic imine (C=N–C) groups is 1. The standard InChI is InChI=1S/C18H32N6.HI/c1-5-19-18(20-8-11-24-14-16(4)12-21-24)22-17-6-9-23(10-7-17)13-15(2)3;/h12,14,17H,2,5-11,13H2,1,3-4H3,(H2,19,20,22);1H. The van der Waals surface area contributed by atoms with Gasteiger partial charge in [-0.25, -0.2) is 0 Å². The van der Waals surface area contributed by atoms with Crippen LogP contribution in [0.4, 0.5) is 0 Å². The number of hydrogen-bond donors (Lipinski definition) is 2. The number of halogens is 1. The molecule has 1 aliphatic rings. The van der Waals surface area contributed by atoms with Gasteiger partial charge < -0.3 is 10.6 Å². The molecule has 0 spiro atoms. The first kappa shape index (κ1) is 22.0. The third-order valence-corrected chi connectivity index (χ3v) is 4.13. The molecule has 1 fully saturated rings. The zero-order valence-corrected chi connectivity index (χ0v) is 18.1. The van der Waals surface area contributed by atoms with Crippen molar-refractivity contribution in [1.82, 2.24) is 25.3 Å². The average Bonchev–Trinajstić information content (AvgIpc) is 2.94. The Bertz CT molecular complexity index is 546. The predicted octanol–water partition coefficient (Wildman–Crippen LogP) is 2.41. The van der Waals surface area contributed by atoms with Crippen LogP contribution in [0.15, 0.2) is 29.5 Å². The zero-order valence-electron chi connectivity index (χ0n) is 15.8. The van der Waals surface area contributed by atoms with E-state index in [4.69, 9.17) is 0 Å². The van der Waals surface area contributed by atoms with E-state index >= 15 is 0 Å². The molecule has 2 N–H and O–H groups in total. The molecule has 25 heavy (non-hydrogen) atoms. The second-order valence-corrected chi connectivity index (χ2v) is 6.69. The number of likely N-dealkylation sites (tertiary alicyclic amines) is 1. The smallest absolute Gasteiger partial charge is 0.191 e. The molecule has 1 saturated heterocycles. The highest BCUT2D eigenvalue weighted by Crippen LogP contribution is 2.11. The van der Waals surface area contributed by atoms with Crippen molar-refractivity contribution < 1.29 is 0 Å². The highest BCUT2D eigenvalue weighted by atomic mass is 127. The lowest BCUT2D eigenvalue weighted by molar-refractivity contribution is 0.221. The molecule has 1 aromatic rings. The van der Waals surface area contributed by atoms with Gasteiger partial charge in [0.05, 0.1) is 19.3 Å². The summed E-state index contributed by atoms with van der Waals surface area (Å²) in [7, 11) is 0. The normalized spacial score (nSPS) is 16.4. The Hall–Kier alpha value is -1.09. The molecule has 1 aromatic heterocycles. The van der Waals surface area contributed by atoms with Gasteiger partial charge in [-0.1, -0.05) is 12.2 Å². The monoisotopic (exact) mass is 460 g/mol. The van der Waals surface area contributed by atoms with Crippen LogP contribution in [0.2, 0.25) is 0 Å². The van der Waals surface area contributed by atoms with Crippen molar-refractivity contribution in [1.29, 1.82) is 0 Å². The van der Waals surface area contributed by atoms with E-state index in [0.29, 0.717) is 6.04 Å². The van der Waals surface area contributed by atoms with Crippen molar-refractivity contribution >= 4 is 29.9 Å². The molecule has 0 aromatic carbocycles. The largest absolute Gasteiger partial charge is 0.357 e. The van der Waals surface area contributed by atoms with Crippen LogP contribution in [0, 0.1) is 6.92 Å². The summed E-state index contributed by atoms with van der Waals surface area (Å²) in [4.78, 5) is 7.16. The first-order chi connectivity index (χ1) is 11.6. The fourth-order valence-electron chi connectivity index (χ4n) is 2.98. The maximum atomic E-state index is 4.69. The van der Waals surface area contributed by atoms with E-state index in [0.717, 1.165) is 58.1 Å². The van der Waals surface area contributed by atoms with Gasteiger partial charge in [0.15, 0.2) is 5.96 Å². The number of aryl methyl sites for hydroxylation is 1. The molecule has 0 bridgehead atoms. The summed E-state index contributed by atoms with van der Waals surface area (Å²) in [5.74, 6) is 0.916. The molecule has 142 valence electrons. The Morgan fingerprint density at radius 3 is 2.68 bits per heavy atom. The van der Waals surface area contributed by atoms with Crippen LogP contribution in [-0.2, 0) is 6.54 Å². The predicted molar refractivity (Wildman–Crippen MR) is 116 cm³/mol. The summed E-state index contributed by atoms with van der Waals surface area (Å²) < 4.78 is 1.94. The lowest BCUT2D eigenvalue weighted by atomic mass is 10.0. The fraction of sp³-hybridized carbons (Fsp3) is 0.667. The minimum atomic E-state index is 0. The highest BCUT2D eigenvalue weighted by Gasteiger charge is 2.19. The number of piperidine rings is 1. The highest BCUT2D eigenvalue weighted by molar-refractivity contribution is 14.0. The van der Waals surface area contributed by atoms with Crippen LogP contribution in [0.5, 0.6) is 0 Å². The van der Waals surface area contributed by atoms with E-state index in [2.05, 4.69) is 53.0 Å². The van der Waals surface area contributed by atoms with Crippen LogP contribution >= 0.6 is 24.0 Å². The van der Waals surface area contributed by atoms with Crippen molar-refractivity contribution in [2.75, 3.05) is 32.7 Å². The molecule has 1 aliphatic heterocycles. The van der Waals surface area contributed by atoms with Gasteiger partial charge in [0.1, 0.15) is 0 Å². The summed E-state index contributed by atoms with van der Waals surface area (Å²) in [5.41, 5.74) is 2.43. The van der Waals surface area contributed by atoms with Gasteiger partial charge in [0.2, 0.25) is 0 Å². The van der Waals surface area contributed by atoms with Crippen LogP contribution in [0.25, 0.3) is 0 Å². The summed E-state index contributed by atoms with van der Waals surface area (Å²) in [5, 5.41) is 11.2. The van der Waals surface area contributed by atoms with Gasteiger partial charge in [-0.3, -0.25) is 14.6 Å². The van der Waals surface area contributed by atoms with E-state index in [1.165, 1.54) is 11.1 Å². The van der Waals surface area contributed by atoms with Gasteiger partial charge >= 0.3 is 0 Å². The molecular formula is C18H33IN6. The molecule has 0 atom stereocenters. The Balaban J connectivity index is 0.00000312. The number of nitrogens with zero attached hydrogens (tertiary/aromatic N) is 4. The summed E-state index contributed by atoms with van der Waals surface area (Å²) >= 11 is 0. The van der Waals surface area contributed by atoms with Gasteiger partial charge in [0, 0.05) is 38.4 Å². The Kier molecular flexibility index (Phi) is 10.1. The molecular weight excluding hydrogens is 427 g/mol. The van der Waals surface area contributed by atoms with Crippen molar-refractivity contribution in [3.8, 4) is 0 Å². The first-order valence-electron chi connectivity index (χ1n) is 8.97. The summed E-state index contributed by atoms with van der Waals surface area (Å²) in [6.45, 7) is 15.9. The third kappa shape index (κ3) is 8.22. The molecule has 2 rings (SSSR count). The minimum Gasteiger partial charge on any atom is -0.357 e. The lowest BCUT2D eigenvalue weighted by Gasteiger charge is -2.33. The van der Waals surface area contributed by atoms with Crippen LogP contribution < -0.4 is 10.6 Å². The maximum Gasteiger partial charge on any atom is 0.191 e. The zero-order chi connectivity index (χ0) is 17.4. The lowest BCUT2D eigenvalue weighted by Crippen LogP contribution is -2.49. The second-order valence-electron chi connectivity index (χ2n) is 6.69. The number of rotatable bonds is 7. The second kappa shape index (κ2) is 11.5. The van der Waals surface area contributed by atoms with E-state index < -0.39 is 0 Å². The topological polar surface area (TPSA) is 57.5 Å². The average molecular weight is 460 g/mol. The molecule has 0 amide bonds. The summed E-state index contributed by atoms with van der Waals surface area (Å²) in [6.07, 6.45) is 6.23. The quantitative estimate of drug-likeness (QED) is 0.284. The van der Waals surface area contributed by atoms with Gasteiger partial charge in [-0.05, 0) is 39.2 Å². The molecule has 7 heteroatoms. The Morgan fingerprint density at radius 1 is 1.40 bits per heavy atom. The number of aromatic nitrogens is 2. The van der Waals surface area contributed by atoms with Crippen molar-refractivity contribution in [2.24, 2.45) is 4.99 Å². The molecule has 2 heterocycles. The summed E-state index contributed by atoms with van der Waals surface area (Å²) in [6, 6.07) is 0.496. The van der Waals surface area contributed by atoms with Crippen molar-refractivity contribution in [3.63, 3.8) is 0 Å². The minimum absolute atomic E-state index is 0. The van der Waals surface area contributed by atoms with Crippen LogP contribution in [-0.4, -0.2) is 59.4 Å². The Labute approximate surface area is 169 Å². The fourth-order valence-corrected chi connectivity index (χ4v) is 2.98. The maximum absolute atomic E-state index is 4.69. The van der Waals surface area contributed by atoms with Crippen LogP contribution in [0.1, 0.15) is 32.3 Å². The number of hydrogen-bond acceptors (Lipinski definition) is 3. The van der Waals surface area contributed by atoms with Gasteiger partial charge in [0.25, 0.3) is 0 Å². The third-order valence-electron chi connectivity index (χ3n) is 4.13. The first-order valence-corrected chi connectivity index (χ1v) is 8.97. The molecule has 6 nitrogen and oxygen atoms in total. The van der Waals surface area contributed by atoms with E-state index in [9.17, 15) is 0 Å². The SMILES string of the molecule is C=C(C)CN1CCC(NC(=NCCn2cc(C)cn2)NCC)CC1.I. The number of guanidine groups is 1. The van der Waals surface area contributed by atoms with E-state index in [1.54, 1.807) is 0 Å². The molecule has 0 unspecified atom stereocenters. The molecule has 0 saturated carbocycles. The molecule has 0 aliphatic carbocycles. The van der Waals surface area contributed by atoms with Gasteiger partial charge in [-0.15, -0.1) is 24.0 Å². The van der Waals surface area contributed by atoms with Crippen molar-refractivity contribution in [3.05, 3.63) is 30.1 Å².